The molecule has 2 fully saturated rings. The summed E-state index contributed by atoms with van der Waals surface area (Å²) in [7, 11) is -3.95. The van der Waals surface area contributed by atoms with Crippen LogP contribution in [0.5, 0.6) is 0 Å². The second-order valence-corrected chi connectivity index (χ2v) is 13.6. The van der Waals surface area contributed by atoms with Gasteiger partial charge < -0.3 is 19.3 Å². The van der Waals surface area contributed by atoms with Crippen LogP contribution in [0.2, 0.25) is 0 Å². The molecular formula is C36H37NO7S. The van der Waals surface area contributed by atoms with E-state index in [0.29, 0.717) is 0 Å². The normalized spacial score (nSPS) is 26.3. The Hall–Kier alpha value is -4.02. The smallest absolute Gasteiger partial charge is 0.411 e. The third-order valence-corrected chi connectivity index (χ3v) is 10.7. The average molecular weight is 628 g/mol. The maximum absolute atomic E-state index is 13.9. The summed E-state index contributed by atoms with van der Waals surface area (Å²) in [6.45, 7) is 2.00. The Labute approximate surface area is 264 Å². The zero-order valence-electron chi connectivity index (χ0n) is 25.1. The second-order valence-electron chi connectivity index (χ2n) is 11.6. The minimum atomic E-state index is -3.95. The molecular weight excluding hydrogens is 590 g/mol. The van der Waals surface area contributed by atoms with Crippen LogP contribution >= 0.6 is 0 Å². The summed E-state index contributed by atoms with van der Waals surface area (Å²) in [5.41, 5.74) is -0.861. The lowest BCUT2D eigenvalue weighted by Gasteiger charge is -2.62. The minimum absolute atomic E-state index is 0.0479. The number of hydrogen-bond donors (Lipinski definition) is 1. The van der Waals surface area contributed by atoms with Crippen molar-refractivity contribution in [2.75, 3.05) is 19.0 Å². The van der Waals surface area contributed by atoms with Crippen molar-refractivity contribution < 1.29 is 32.5 Å². The number of carbonyl (C=O) groups excluding carboxylic acids is 1. The lowest BCUT2D eigenvalue weighted by Crippen LogP contribution is -2.81. The van der Waals surface area contributed by atoms with Crippen LogP contribution < -0.4 is 0 Å². The highest BCUT2D eigenvalue weighted by atomic mass is 32.2. The van der Waals surface area contributed by atoms with Gasteiger partial charge in [0.15, 0.2) is 15.9 Å². The SMILES string of the molecule is CCO[C@@]1(COCc2ccccc2)[C@H](N2C(=O)O[C@@H](c3ccccc3)[C@H]2c2ccccc2)CC1(O)CS(=O)(=O)c1ccccc1. The predicted octanol–water partition coefficient (Wildman–Crippen LogP) is 5.89. The number of ether oxygens (including phenoxy) is 3. The van der Waals surface area contributed by atoms with E-state index in [2.05, 4.69) is 0 Å². The molecule has 0 spiro atoms. The molecule has 1 N–H and O–H groups in total. The van der Waals surface area contributed by atoms with Gasteiger partial charge in [-0.2, -0.15) is 0 Å². The van der Waals surface area contributed by atoms with Crippen molar-refractivity contribution in [1.82, 2.24) is 4.90 Å². The Kier molecular flexibility index (Phi) is 8.79. The minimum Gasteiger partial charge on any atom is -0.439 e. The fraction of sp³-hybridized carbons (Fsp3) is 0.306. The number of cyclic esters (lactones) is 1. The number of benzene rings is 4. The molecule has 1 unspecified atom stereocenters. The molecule has 1 saturated heterocycles. The molecule has 4 aromatic rings. The van der Waals surface area contributed by atoms with E-state index < -0.39 is 51.1 Å². The molecule has 8 nitrogen and oxygen atoms in total. The quantitative estimate of drug-likeness (QED) is 0.209. The van der Waals surface area contributed by atoms with E-state index in [4.69, 9.17) is 14.2 Å². The van der Waals surface area contributed by atoms with Crippen molar-refractivity contribution in [1.29, 1.82) is 0 Å². The highest BCUT2D eigenvalue weighted by molar-refractivity contribution is 7.91. The van der Waals surface area contributed by atoms with E-state index in [1.54, 1.807) is 30.0 Å². The number of nitrogens with zero attached hydrogens (tertiary/aromatic N) is 1. The lowest BCUT2D eigenvalue weighted by molar-refractivity contribution is -0.291. The van der Waals surface area contributed by atoms with E-state index in [1.165, 1.54) is 12.1 Å². The molecule has 4 aromatic carbocycles. The largest absolute Gasteiger partial charge is 0.439 e. The molecule has 1 aliphatic carbocycles. The maximum atomic E-state index is 13.9. The molecule has 1 amide bonds. The van der Waals surface area contributed by atoms with Crippen LogP contribution in [-0.2, 0) is 30.7 Å². The van der Waals surface area contributed by atoms with E-state index in [0.717, 1.165) is 16.7 Å². The summed E-state index contributed by atoms with van der Waals surface area (Å²) in [5.74, 6) is -0.601. The van der Waals surface area contributed by atoms with E-state index in [-0.39, 0.29) is 31.1 Å². The van der Waals surface area contributed by atoms with Gasteiger partial charge in [-0.25, -0.2) is 13.2 Å². The Balaban J connectivity index is 1.41. The highest BCUT2D eigenvalue weighted by Crippen LogP contribution is 2.55. The van der Waals surface area contributed by atoms with Gasteiger partial charge in [0, 0.05) is 13.0 Å². The van der Waals surface area contributed by atoms with Crippen LogP contribution in [0, 0.1) is 0 Å². The van der Waals surface area contributed by atoms with Gasteiger partial charge in [0.1, 0.15) is 17.2 Å². The first-order chi connectivity index (χ1) is 21.8. The maximum Gasteiger partial charge on any atom is 0.411 e. The lowest BCUT2D eigenvalue weighted by atomic mass is 9.61. The molecule has 0 bridgehead atoms. The van der Waals surface area contributed by atoms with E-state index in [9.17, 15) is 18.3 Å². The van der Waals surface area contributed by atoms with Crippen molar-refractivity contribution in [3.63, 3.8) is 0 Å². The molecule has 6 rings (SSSR count). The molecule has 9 heteroatoms. The molecule has 1 saturated carbocycles. The van der Waals surface area contributed by atoms with Crippen LogP contribution in [0.3, 0.4) is 0 Å². The topological polar surface area (TPSA) is 102 Å². The third-order valence-electron chi connectivity index (χ3n) is 8.85. The van der Waals surface area contributed by atoms with Gasteiger partial charge in [0.25, 0.3) is 0 Å². The van der Waals surface area contributed by atoms with Gasteiger partial charge in [-0.15, -0.1) is 0 Å². The zero-order valence-corrected chi connectivity index (χ0v) is 25.9. The molecule has 234 valence electrons. The molecule has 1 aliphatic heterocycles. The Bertz CT molecular complexity index is 1690. The van der Waals surface area contributed by atoms with Gasteiger partial charge in [0.05, 0.1) is 29.9 Å². The Morgan fingerprint density at radius 3 is 2.00 bits per heavy atom. The van der Waals surface area contributed by atoms with Crippen LogP contribution in [0.4, 0.5) is 4.79 Å². The van der Waals surface area contributed by atoms with Gasteiger partial charge in [-0.1, -0.05) is 109 Å². The summed E-state index contributed by atoms with van der Waals surface area (Å²) < 4.78 is 46.0. The Morgan fingerprint density at radius 1 is 0.844 bits per heavy atom. The first kappa shape index (κ1) is 31.0. The monoisotopic (exact) mass is 627 g/mol. The van der Waals surface area contributed by atoms with Crippen molar-refractivity contribution in [3.05, 3.63) is 138 Å². The van der Waals surface area contributed by atoms with Gasteiger partial charge in [0.2, 0.25) is 0 Å². The molecule has 0 aromatic heterocycles. The van der Waals surface area contributed by atoms with Gasteiger partial charge in [-0.05, 0) is 35.7 Å². The number of rotatable bonds is 12. The average Bonchev–Trinajstić information content (AvgIpc) is 3.41. The van der Waals surface area contributed by atoms with Crippen LogP contribution in [0.1, 0.15) is 42.2 Å². The summed E-state index contributed by atoms with van der Waals surface area (Å²) in [5, 5.41) is 12.3. The van der Waals surface area contributed by atoms with Crippen molar-refractivity contribution in [2.45, 2.75) is 54.2 Å². The highest BCUT2D eigenvalue weighted by Gasteiger charge is 2.72. The summed E-state index contributed by atoms with van der Waals surface area (Å²) in [4.78, 5) is 15.6. The molecule has 0 radical (unpaired) electrons. The van der Waals surface area contributed by atoms with Gasteiger partial charge in [-0.3, -0.25) is 4.90 Å². The number of hydrogen-bond acceptors (Lipinski definition) is 7. The second kappa shape index (κ2) is 12.8. The van der Waals surface area contributed by atoms with Crippen LogP contribution in [0.15, 0.2) is 126 Å². The van der Waals surface area contributed by atoms with Crippen molar-refractivity contribution in [2.24, 2.45) is 0 Å². The summed E-state index contributed by atoms with van der Waals surface area (Å²) in [6, 6.07) is 35.4. The van der Waals surface area contributed by atoms with E-state index >= 15 is 0 Å². The number of carbonyl (C=O) groups is 1. The van der Waals surface area contributed by atoms with Crippen LogP contribution in [0.25, 0.3) is 0 Å². The number of aliphatic hydroxyl groups is 1. The molecule has 45 heavy (non-hydrogen) atoms. The molecule has 5 atom stereocenters. The standard InChI is InChI=1S/C36H37NO7S/c1-2-43-36(25-42-24-27-15-7-3-8-16-27)31(23-35(36,39)26-45(40,41)30-21-13-6-14-22-30)37-32(28-17-9-4-10-18-28)33(44-34(37)38)29-19-11-5-12-20-29/h3-22,31-33,39H,2,23-26H2,1H3/t31-,32-,33+,35?,36+/m1/s1. The third kappa shape index (κ3) is 5.89. The fourth-order valence-electron chi connectivity index (χ4n) is 6.71. The summed E-state index contributed by atoms with van der Waals surface area (Å²) >= 11 is 0. The first-order valence-corrected chi connectivity index (χ1v) is 16.8. The predicted molar refractivity (Wildman–Crippen MR) is 169 cm³/mol. The summed E-state index contributed by atoms with van der Waals surface area (Å²) in [6.07, 6.45) is -1.25. The van der Waals surface area contributed by atoms with E-state index in [1.807, 2.05) is 91.0 Å². The molecule has 1 heterocycles. The fourth-order valence-corrected chi connectivity index (χ4v) is 8.44. The van der Waals surface area contributed by atoms with Crippen LogP contribution in [-0.4, -0.2) is 60.7 Å². The zero-order chi connectivity index (χ0) is 31.5. The first-order valence-electron chi connectivity index (χ1n) is 15.1. The number of amides is 1. The van der Waals surface area contributed by atoms with Gasteiger partial charge >= 0.3 is 6.09 Å². The van der Waals surface area contributed by atoms with Crippen molar-refractivity contribution >= 4 is 15.9 Å². The molecule has 2 aliphatic rings. The Morgan fingerprint density at radius 2 is 1.40 bits per heavy atom. The van der Waals surface area contributed by atoms with Crippen molar-refractivity contribution in [3.8, 4) is 0 Å². The number of sulfone groups is 1.